The predicted molar refractivity (Wildman–Crippen MR) is 191 cm³/mol. The highest BCUT2D eigenvalue weighted by Gasteiger charge is 2.36. The van der Waals surface area contributed by atoms with Crippen molar-refractivity contribution in [2.24, 2.45) is 0 Å². The van der Waals surface area contributed by atoms with Gasteiger partial charge >= 0.3 is 0 Å². The number of aliphatic hydroxyl groups excluding tert-OH is 1. The van der Waals surface area contributed by atoms with Gasteiger partial charge in [-0.2, -0.15) is 0 Å². The monoisotopic (exact) mass is 681 g/mol. The Morgan fingerprint density at radius 2 is 1.47 bits per heavy atom. The van der Waals surface area contributed by atoms with E-state index in [2.05, 4.69) is 50.9 Å². The Bertz CT molecular complexity index is 1760. The van der Waals surface area contributed by atoms with E-state index >= 15 is 0 Å². The van der Waals surface area contributed by atoms with Gasteiger partial charge in [-0.1, -0.05) is 91.0 Å². The molecule has 4 aromatic rings. The summed E-state index contributed by atoms with van der Waals surface area (Å²) in [7, 11) is -3.64. The van der Waals surface area contributed by atoms with Crippen LogP contribution in [0.1, 0.15) is 66.8 Å². The molecule has 0 spiro atoms. The molecule has 8 nitrogen and oxygen atoms in total. The molecule has 0 aromatic heterocycles. The van der Waals surface area contributed by atoms with E-state index in [4.69, 9.17) is 9.47 Å². The Kier molecular flexibility index (Phi) is 10.9. The molecule has 9 heteroatoms. The van der Waals surface area contributed by atoms with Gasteiger partial charge in [-0.05, 0) is 85.3 Å². The lowest BCUT2D eigenvalue weighted by Crippen LogP contribution is -2.45. The molecule has 258 valence electrons. The maximum Gasteiger partial charge on any atom is 0.240 e. The van der Waals surface area contributed by atoms with Crippen LogP contribution in [-0.2, 0) is 32.6 Å². The number of sulfonamides is 1. The van der Waals surface area contributed by atoms with Crippen LogP contribution in [0.5, 0.6) is 0 Å². The van der Waals surface area contributed by atoms with Crippen LogP contribution in [-0.4, -0.2) is 68.2 Å². The van der Waals surface area contributed by atoms with E-state index in [1.165, 1.54) is 38.8 Å². The van der Waals surface area contributed by atoms with Gasteiger partial charge in [-0.15, -0.1) is 0 Å². The molecule has 0 bridgehead atoms. The van der Waals surface area contributed by atoms with Crippen LogP contribution < -0.4 is 4.72 Å². The maximum absolute atomic E-state index is 12.9. The fourth-order valence-electron chi connectivity index (χ4n) is 7.53. The zero-order chi connectivity index (χ0) is 33.6. The number of likely N-dealkylation sites (tertiary alicyclic amines) is 2. The zero-order valence-corrected chi connectivity index (χ0v) is 28.8. The summed E-state index contributed by atoms with van der Waals surface area (Å²) in [5, 5.41) is 9.60. The lowest BCUT2D eigenvalue weighted by atomic mass is 9.97. The molecule has 3 heterocycles. The third-order valence-corrected chi connectivity index (χ3v) is 11.7. The van der Waals surface area contributed by atoms with Gasteiger partial charge in [-0.3, -0.25) is 4.90 Å². The molecule has 3 aliphatic rings. The van der Waals surface area contributed by atoms with E-state index < -0.39 is 16.3 Å². The third kappa shape index (κ3) is 8.32. The van der Waals surface area contributed by atoms with E-state index in [-0.39, 0.29) is 30.3 Å². The van der Waals surface area contributed by atoms with Gasteiger partial charge in [0.1, 0.15) is 0 Å². The third-order valence-electron chi connectivity index (χ3n) is 10.2. The quantitative estimate of drug-likeness (QED) is 0.178. The second-order valence-corrected chi connectivity index (χ2v) is 15.3. The number of ether oxygens (including phenoxy) is 2. The summed E-state index contributed by atoms with van der Waals surface area (Å²) < 4.78 is 42.0. The minimum Gasteiger partial charge on any atom is -0.392 e. The number of hydrogen-bond donors (Lipinski definition) is 2. The largest absolute Gasteiger partial charge is 0.392 e. The van der Waals surface area contributed by atoms with Crippen molar-refractivity contribution in [3.8, 4) is 11.1 Å². The molecule has 3 aliphatic heterocycles. The topological polar surface area (TPSA) is 91.3 Å². The first kappa shape index (κ1) is 34.1. The Balaban J connectivity index is 1.08. The van der Waals surface area contributed by atoms with Crippen molar-refractivity contribution in [3.05, 3.63) is 125 Å². The summed E-state index contributed by atoms with van der Waals surface area (Å²) in [5.74, 6) is 0. The zero-order valence-electron chi connectivity index (χ0n) is 28.0. The van der Waals surface area contributed by atoms with Gasteiger partial charge in [0.05, 0.1) is 23.7 Å². The SMILES string of the molecule is O=S(=O)(NCc1ccccc1-c1ccc(C2OC(CN3CCCC3CN3CCCC3)CC(c3ccc(CO)cc3)O2)cc1)c1ccccc1. The Labute approximate surface area is 290 Å². The van der Waals surface area contributed by atoms with Crippen LogP contribution in [0, 0.1) is 0 Å². The van der Waals surface area contributed by atoms with Gasteiger partial charge in [0.15, 0.2) is 6.29 Å². The van der Waals surface area contributed by atoms with Crippen molar-refractivity contribution in [2.45, 2.75) is 74.7 Å². The highest BCUT2D eigenvalue weighted by Crippen LogP contribution is 2.39. The van der Waals surface area contributed by atoms with Crippen molar-refractivity contribution in [1.82, 2.24) is 14.5 Å². The minimum absolute atomic E-state index is 0.0125. The van der Waals surface area contributed by atoms with E-state index in [9.17, 15) is 13.5 Å². The van der Waals surface area contributed by atoms with Crippen molar-refractivity contribution < 1.29 is 23.0 Å². The van der Waals surface area contributed by atoms with E-state index in [0.29, 0.717) is 6.04 Å². The summed E-state index contributed by atoms with van der Waals surface area (Å²) in [4.78, 5) is 5.51. The lowest BCUT2D eigenvalue weighted by molar-refractivity contribution is -0.253. The van der Waals surface area contributed by atoms with E-state index in [1.807, 2.05) is 36.4 Å². The van der Waals surface area contributed by atoms with Crippen LogP contribution in [0.4, 0.5) is 0 Å². The molecule has 4 unspecified atom stereocenters. The number of benzene rings is 4. The van der Waals surface area contributed by atoms with Crippen LogP contribution in [0.25, 0.3) is 11.1 Å². The molecule has 4 aromatic carbocycles. The molecule has 7 rings (SSSR count). The summed E-state index contributed by atoms with van der Waals surface area (Å²) in [5.41, 5.74) is 5.77. The van der Waals surface area contributed by atoms with Crippen molar-refractivity contribution in [1.29, 1.82) is 0 Å². The lowest BCUT2D eigenvalue weighted by Gasteiger charge is -2.39. The molecular formula is C40H47N3O5S. The molecule has 0 radical (unpaired) electrons. The van der Waals surface area contributed by atoms with Crippen LogP contribution >= 0.6 is 0 Å². The van der Waals surface area contributed by atoms with Crippen LogP contribution in [0.15, 0.2) is 108 Å². The summed E-state index contributed by atoms with van der Waals surface area (Å²) in [6, 6.07) is 33.2. The Hall–Kier alpha value is -3.41. The summed E-state index contributed by atoms with van der Waals surface area (Å²) in [6.07, 6.45) is 5.22. The number of rotatable bonds is 12. The van der Waals surface area contributed by atoms with Crippen molar-refractivity contribution in [3.63, 3.8) is 0 Å². The van der Waals surface area contributed by atoms with Gasteiger partial charge in [0, 0.05) is 37.7 Å². The molecule has 0 aliphatic carbocycles. The Morgan fingerprint density at radius 3 is 2.22 bits per heavy atom. The van der Waals surface area contributed by atoms with Gasteiger partial charge < -0.3 is 19.5 Å². The molecule has 0 amide bonds. The minimum atomic E-state index is -3.64. The number of hydrogen-bond acceptors (Lipinski definition) is 7. The summed E-state index contributed by atoms with van der Waals surface area (Å²) in [6.45, 7) is 5.77. The van der Waals surface area contributed by atoms with E-state index in [1.54, 1.807) is 30.3 Å². The highest BCUT2D eigenvalue weighted by molar-refractivity contribution is 7.89. The van der Waals surface area contributed by atoms with Crippen molar-refractivity contribution >= 4 is 10.0 Å². The maximum atomic E-state index is 12.9. The van der Waals surface area contributed by atoms with Gasteiger partial charge in [0.2, 0.25) is 10.0 Å². The first-order valence-electron chi connectivity index (χ1n) is 17.6. The number of nitrogens with zero attached hydrogens (tertiary/aromatic N) is 2. The fourth-order valence-corrected chi connectivity index (χ4v) is 8.56. The number of aliphatic hydroxyl groups is 1. The Morgan fingerprint density at radius 1 is 0.755 bits per heavy atom. The van der Waals surface area contributed by atoms with Gasteiger partial charge in [-0.25, -0.2) is 13.1 Å². The molecule has 49 heavy (non-hydrogen) atoms. The standard InChI is InChI=1S/C40H47N3O5S/c44-29-30-14-16-32(17-15-30)39-25-36(28-43-24-8-10-35(43)27-42-22-6-7-23-42)47-40(48-39)33-20-18-31(19-21-33)38-13-5-4-9-34(38)26-41-49(45,46)37-11-2-1-3-12-37/h1-5,9,11-21,35-36,39-41,44H,6-8,10,22-29H2. The number of nitrogens with one attached hydrogen (secondary N) is 1. The molecule has 3 fully saturated rings. The van der Waals surface area contributed by atoms with Gasteiger partial charge in [0.25, 0.3) is 0 Å². The van der Waals surface area contributed by atoms with Crippen molar-refractivity contribution in [2.75, 3.05) is 32.7 Å². The smallest absolute Gasteiger partial charge is 0.240 e. The van der Waals surface area contributed by atoms with Crippen LogP contribution in [0.2, 0.25) is 0 Å². The second kappa shape index (κ2) is 15.6. The average Bonchev–Trinajstić information content (AvgIpc) is 3.83. The summed E-state index contributed by atoms with van der Waals surface area (Å²) >= 11 is 0. The normalized spacial score (nSPS) is 23.6. The van der Waals surface area contributed by atoms with E-state index in [0.717, 1.165) is 59.4 Å². The average molecular weight is 682 g/mol. The predicted octanol–water partition coefficient (Wildman–Crippen LogP) is 6.43. The first-order chi connectivity index (χ1) is 23.9. The fraction of sp³-hybridized carbons (Fsp3) is 0.400. The molecule has 3 saturated heterocycles. The molecule has 4 atom stereocenters. The molecule has 0 saturated carbocycles. The highest BCUT2D eigenvalue weighted by atomic mass is 32.2. The second-order valence-electron chi connectivity index (χ2n) is 13.6. The van der Waals surface area contributed by atoms with Crippen LogP contribution in [0.3, 0.4) is 0 Å². The molecule has 2 N–H and O–H groups in total. The first-order valence-corrected chi connectivity index (χ1v) is 19.1. The molecular weight excluding hydrogens is 635 g/mol.